The van der Waals surface area contributed by atoms with Gasteiger partial charge in [-0.25, -0.2) is 0 Å². The number of nitrogens with one attached hydrogen (secondary N) is 1. The topological polar surface area (TPSA) is 59.4 Å². The Balaban J connectivity index is 1.79. The van der Waals surface area contributed by atoms with Crippen LogP contribution in [0.15, 0.2) is 12.3 Å². The highest BCUT2D eigenvalue weighted by Gasteiger charge is 2.17. The van der Waals surface area contributed by atoms with Crippen LogP contribution in [0, 0.1) is 5.92 Å². The minimum atomic E-state index is -0.00337. The molecule has 1 atom stereocenters. The highest BCUT2D eigenvalue weighted by atomic mass is 16.5. The molecule has 1 aliphatic heterocycles. The number of fused-ring (bicyclic) bond motifs is 1. The van der Waals surface area contributed by atoms with E-state index in [2.05, 4.69) is 10.4 Å². The van der Waals surface area contributed by atoms with Crippen LogP contribution < -0.4 is 5.32 Å². The van der Waals surface area contributed by atoms with Crippen LogP contribution in [-0.2, 0) is 22.6 Å². The molecule has 0 saturated heterocycles. The summed E-state index contributed by atoms with van der Waals surface area (Å²) >= 11 is 0. The third-order valence-electron chi connectivity index (χ3n) is 3.05. The Bertz CT molecular complexity index is 403. The molecule has 1 N–H and O–H groups in total. The first kappa shape index (κ1) is 13.0. The Labute approximate surface area is 107 Å². The fraction of sp³-hybridized carbons (Fsp3) is 0.667. The van der Waals surface area contributed by atoms with E-state index in [4.69, 9.17) is 4.74 Å². The van der Waals surface area contributed by atoms with Crippen LogP contribution in [-0.4, -0.2) is 54.4 Å². The molecule has 1 aromatic rings. The van der Waals surface area contributed by atoms with E-state index in [0.717, 1.165) is 19.6 Å². The van der Waals surface area contributed by atoms with Crippen molar-refractivity contribution in [2.24, 2.45) is 5.92 Å². The van der Waals surface area contributed by atoms with Gasteiger partial charge in [-0.1, -0.05) is 0 Å². The monoisotopic (exact) mass is 252 g/mol. The second kappa shape index (κ2) is 5.97. The van der Waals surface area contributed by atoms with E-state index in [9.17, 15) is 4.79 Å². The van der Waals surface area contributed by atoms with Gasteiger partial charge in [-0.05, 0) is 6.07 Å². The maximum Gasteiger partial charge on any atom is 0.248 e. The van der Waals surface area contributed by atoms with E-state index in [-0.39, 0.29) is 12.5 Å². The molecule has 100 valence electrons. The standard InChI is InChI=1S/C12H20N4O2/c1-15(2)12(17)9-18-8-10-5-13-6-11-3-4-14-16(11)7-10/h3-4,10,13H,5-9H2,1-2H3/t10-/m0/s1. The van der Waals surface area contributed by atoms with Crippen LogP contribution in [0.5, 0.6) is 0 Å². The highest BCUT2D eigenvalue weighted by molar-refractivity contribution is 5.76. The normalized spacial score (nSPS) is 19.1. The number of hydrogen-bond donors (Lipinski definition) is 1. The second-order valence-electron chi connectivity index (χ2n) is 4.80. The number of amides is 1. The minimum Gasteiger partial charge on any atom is -0.371 e. The third kappa shape index (κ3) is 3.30. The molecule has 2 heterocycles. The fourth-order valence-corrected chi connectivity index (χ4v) is 1.94. The number of rotatable bonds is 4. The Morgan fingerprint density at radius 2 is 2.50 bits per heavy atom. The Morgan fingerprint density at radius 3 is 3.28 bits per heavy atom. The van der Waals surface area contributed by atoms with E-state index in [0.29, 0.717) is 12.5 Å². The Hall–Kier alpha value is -1.40. The summed E-state index contributed by atoms with van der Waals surface area (Å²) < 4.78 is 7.47. The van der Waals surface area contributed by atoms with Crippen molar-refractivity contribution in [3.8, 4) is 0 Å². The lowest BCUT2D eigenvalue weighted by Crippen LogP contribution is -2.30. The van der Waals surface area contributed by atoms with Crippen LogP contribution >= 0.6 is 0 Å². The van der Waals surface area contributed by atoms with Crippen LogP contribution in [0.3, 0.4) is 0 Å². The zero-order valence-electron chi connectivity index (χ0n) is 10.9. The minimum absolute atomic E-state index is 0.00337. The zero-order valence-corrected chi connectivity index (χ0v) is 10.9. The summed E-state index contributed by atoms with van der Waals surface area (Å²) in [7, 11) is 3.46. The number of aromatic nitrogens is 2. The number of nitrogens with zero attached hydrogens (tertiary/aromatic N) is 3. The molecule has 0 aromatic carbocycles. The van der Waals surface area contributed by atoms with E-state index in [1.54, 1.807) is 14.1 Å². The summed E-state index contributed by atoms with van der Waals surface area (Å²) in [5, 5.41) is 7.65. The molecule has 0 saturated carbocycles. The van der Waals surface area contributed by atoms with Crippen LogP contribution in [0.1, 0.15) is 5.69 Å². The van der Waals surface area contributed by atoms with Crippen molar-refractivity contribution < 1.29 is 9.53 Å². The number of likely N-dealkylation sites (N-methyl/N-ethyl adjacent to an activating group) is 1. The quantitative estimate of drug-likeness (QED) is 0.800. The number of carbonyl (C=O) groups is 1. The molecule has 2 rings (SSSR count). The molecule has 0 bridgehead atoms. The van der Waals surface area contributed by atoms with Crippen LogP contribution in [0.4, 0.5) is 0 Å². The zero-order chi connectivity index (χ0) is 13.0. The van der Waals surface area contributed by atoms with Gasteiger partial charge in [0, 0.05) is 45.8 Å². The van der Waals surface area contributed by atoms with E-state index in [1.807, 2.05) is 16.9 Å². The first-order chi connectivity index (χ1) is 8.66. The molecular formula is C12H20N4O2. The molecule has 0 radical (unpaired) electrons. The molecule has 0 unspecified atom stereocenters. The second-order valence-corrected chi connectivity index (χ2v) is 4.80. The summed E-state index contributed by atoms with van der Waals surface area (Å²) in [5.41, 5.74) is 1.20. The summed E-state index contributed by atoms with van der Waals surface area (Å²) in [5.74, 6) is 0.345. The molecule has 6 nitrogen and oxygen atoms in total. The number of carbonyl (C=O) groups excluding carboxylic acids is 1. The molecule has 0 aliphatic carbocycles. The average Bonchev–Trinajstić information content (AvgIpc) is 2.68. The van der Waals surface area contributed by atoms with Gasteiger partial charge in [0.25, 0.3) is 0 Å². The van der Waals surface area contributed by atoms with Gasteiger partial charge in [-0.3, -0.25) is 9.48 Å². The van der Waals surface area contributed by atoms with Gasteiger partial charge in [0.1, 0.15) is 6.61 Å². The summed E-state index contributed by atoms with van der Waals surface area (Å²) in [6.45, 7) is 3.29. The molecule has 6 heteroatoms. The smallest absolute Gasteiger partial charge is 0.248 e. The first-order valence-electron chi connectivity index (χ1n) is 6.16. The Kier molecular flexibility index (Phi) is 4.33. The first-order valence-corrected chi connectivity index (χ1v) is 6.16. The van der Waals surface area contributed by atoms with Gasteiger partial charge >= 0.3 is 0 Å². The van der Waals surface area contributed by atoms with Gasteiger partial charge in [0.15, 0.2) is 0 Å². The molecular weight excluding hydrogens is 232 g/mol. The SMILES string of the molecule is CN(C)C(=O)COC[C@H]1CNCc2ccnn2C1. The van der Waals surface area contributed by atoms with Gasteiger partial charge in [-0.2, -0.15) is 5.10 Å². The van der Waals surface area contributed by atoms with Crippen molar-refractivity contribution in [2.45, 2.75) is 13.1 Å². The van der Waals surface area contributed by atoms with Crippen molar-refractivity contribution in [3.05, 3.63) is 18.0 Å². The number of hydrogen-bond acceptors (Lipinski definition) is 4. The lowest BCUT2D eigenvalue weighted by atomic mass is 10.1. The van der Waals surface area contributed by atoms with Gasteiger partial charge in [-0.15, -0.1) is 0 Å². The van der Waals surface area contributed by atoms with Crippen molar-refractivity contribution in [3.63, 3.8) is 0 Å². The van der Waals surface area contributed by atoms with Crippen LogP contribution in [0.25, 0.3) is 0 Å². The highest BCUT2D eigenvalue weighted by Crippen LogP contribution is 2.09. The molecule has 0 spiro atoms. The lowest BCUT2D eigenvalue weighted by Gasteiger charge is -2.16. The summed E-state index contributed by atoms with van der Waals surface area (Å²) in [6.07, 6.45) is 1.82. The van der Waals surface area contributed by atoms with E-state index in [1.165, 1.54) is 10.6 Å². The largest absolute Gasteiger partial charge is 0.371 e. The summed E-state index contributed by atoms with van der Waals surface area (Å²) in [4.78, 5) is 12.9. The summed E-state index contributed by atoms with van der Waals surface area (Å²) in [6, 6.07) is 2.02. The average molecular weight is 252 g/mol. The maximum absolute atomic E-state index is 11.4. The maximum atomic E-state index is 11.4. The predicted octanol–water partition coefficient (Wildman–Crippen LogP) is -0.293. The lowest BCUT2D eigenvalue weighted by molar-refractivity contribution is -0.134. The predicted molar refractivity (Wildman–Crippen MR) is 66.9 cm³/mol. The molecule has 1 amide bonds. The van der Waals surface area contributed by atoms with E-state index < -0.39 is 0 Å². The number of ether oxygens (including phenoxy) is 1. The van der Waals surface area contributed by atoms with Crippen LogP contribution in [0.2, 0.25) is 0 Å². The van der Waals surface area contributed by atoms with Crippen molar-refractivity contribution in [1.29, 1.82) is 0 Å². The molecule has 18 heavy (non-hydrogen) atoms. The van der Waals surface area contributed by atoms with Gasteiger partial charge < -0.3 is 15.0 Å². The molecule has 1 aromatic heterocycles. The van der Waals surface area contributed by atoms with Gasteiger partial charge in [0.05, 0.1) is 12.3 Å². The van der Waals surface area contributed by atoms with Crippen molar-refractivity contribution in [1.82, 2.24) is 20.0 Å². The van der Waals surface area contributed by atoms with Crippen molar-refractivity contribution >= 4 is 5.91 Å². The molecule has 0 fully saturated rings. The molecule has 1 aliphatic rings. The van der Waals surface area contributed by atoms with Gasteiger partial charge in [0.2, 0.25) is 5.91 Å². The fourth-order valence-electron chi connectivity index (χ4n) is 1.94. The van der Waals surface area contributed by atoms with Crippen molar-refractivity contribution in [2.75, 3.05) is 33.9 Å². The third-order valence-corrected chi connectivity index (χ3v) is 3.05. The Morgan fingerprint density at radius 1 is 1.67 bits per heavy atom. The van der Waals surface area contributed by atoms with E-state index >= 15 is 0 Å².